The Balaban J connectivity index is 1.35. The van der Waals surface area contributed by atoms with Crippen molar-refractivity contribution in [3.8, 4) is 11.5 Å². The van der Waals surface area contributed by atoms with Gasteiger partial charge in [-0.3, -0.25) is 10.00 Å². The molecule has 1 aromatic heterocycles. The molecule has 1 aliphatic heterocycles. The number of nitrogens with one attached hydrogen (secondary N) is 1. The molecule has 0 amide bonds. The fourth-order valence-electron chi connectivity index (χ4n) is 4.05. The van der Waals surface area contributed by atoms with Crippen molar-refractivity contribution in [1.82, 2.24) is 15.1 Å². The van der Waals surface area contributed by atoms with Gasteiger partial charge in [-0.1, -0.05) is 23.7 Å². The van der Waals surface area contributed by atoms with E-state index in [0.29, 0.717) is 24.2 Å². The summed E-state index contributed by atoms with van der Waals surface area (Å²) in [6.45, 7) is 3.90. The van der Waals surface area contributed by atoms with E-state index in [1.54, 1.807) is 14.2 Å². The first-order valence-electron chi connectivity index (χ1n) is 10.4. The highest BCUT2D eigenvalue weighted by atomic mass is 35.5. The smallest absolute Gasteiger partial charge is 0.130 e. The van der Waals surface area contributed by atoms with Crippen molar-refractivity contribution in [2.45, 2.75) is 32.1 Å². The molecule has 6 nitrogen and oxygen atoms in total. The standard InChI is InChI=1S/C24H28ClN3O3/c1-29-15-17-6-7-24(30-2)19(10-17)14-28-9-8-18(13-28)23-12-21(26-27-23)16-31-22-5-3-4-20(25)11-22/h3-7,10-12,18H,8-9,13-16H2,1-2H3,(H,26,27)/t18-/m0/s1. The minimum atomic E-state index is 0.407. The van der Waals surface area contributed by atoms with Crippen LogP contribution in [0, 0.1) is 0 Å². The maximum absolute atomic E-state index is 6.01. The number of benzene rings is 2. The lowest BCUT2D eigenvalue weighted by Gasteiger charge is -2.18. The molecule has 1 atom stereocenters. The van der Waals surface area contributed by atoms with Crippen molar-refractivity contribution >= 4 is 11.6 Å². The average molecular weight is 442 g/mol. The summed E-state index contributed by atoms with van der Waals surface area (Å²) >= 11 is 6.01. The molecule has 1 saturated heterocycles. The van der Waals surface area contributed by atoms with Gasteiger partial charge in [0.05, 0.1) is 25.1 Å². The summed E-state index contributed by atoms with van der Waals surface area (Å²) in [5, 5.41) is 8.32. The van der Waals surface area contributed by atoms with E-state index in [0.717, 1.165) is 54.5 Å². The largest absolute Gasteiger partial charge is 0.496 e. The minimum Gasteiger partial charge on any atom is -0.496 e. The number of aromatic nitrogens is 2. The monoisotopic (exact) mass is 441 g/mol. The first-order chi connectivity index (χ1) is 15.1. The maximum atomic E-state index is 6.01. The summed E-state index contributed by atoms with van der Waals surface area (Å²) in [7, 11) is 3.44. The zero-order valence-corrected chi connectivity index (χ0v) is 18.7. The number of nitrogens with zero attached hydrogens (tertiary/aromatic N) is 2. The second-order valence-electron chi connectivity index (χ2n) is 7.86. The van der Waals surface area contributed by atoms with Gasteiger partial charge >= 0.3 is 0 Å². The fourth-order valence-corrected chi connectivity index (χ4v) is 4.23. The summed E-state index contributed by atoms with van der Waals surface area (Å²) in [6.07, 6.45) is 1.08. The molecule has 1 aliphatic rings. The van der Waals surface area contributed by atoms with Gasteiger partial charge in [-0.25, -0.2) is 0 Å². The Bertz CT molecular complexity index is 1010. The molecule has 4 rings (SSSR count). The van der Waals surface area contributed by atoms with Crippen molar-refractivity contribution in [2.75, 3.05) is 27.3 Å². The maximum Gasteiger partial charge on any atom is 0.130 e. The van der Waals surface area contributed by atoms with E-state index in [9.17, 15) is 0 Å². The predicted octanol–water partition coefficient (Wildman–Crippen LogP) is 4.79. The third kappa shape index (κ3) is 5.58. The lowest BCUT2D eigenvalue weighted by molar-refractivity contribution is 0.184. The van der Waals surface area contributed by atoms with Crippen LogP contribution in [0.1, 0.15) is 34.9 Å². The van der Waals surface area contributed by atoms with Gasteiger partial charge < -0.3 is 14.2 Å². The van der Waals surface area contributed by atoms with Crippen molar-refractivity contribution in [2.24, 2.45) is 0 Å². The SMILES string of the molecule is COCc1ccc(OC)c(CN2CC[C@H](c3cc(COc4cccc(Cl)c4)[nH]n3)C2)c1. The van der Waals surface area contributed by atoms with Crippen LogP contribution in [-0.4, -0.2) is 42.4 Å². The molecule has 0 radical (unpaired) electrons. The van der Waals surface area contributed by atoms with Gasteiger partial charge in [-0.05, 0) is 54.9 Å². The highest BCUT2D eigenvalue weighted by molar-refractivity contribution is 6.30. The Hall–Kier alpha value is -2.54. The number of methoxy groups -OCH3 is 2. The van der Waals surface area contributed by atoms with Crippen LogP contribution < -0.4 is 9.47 Å². The first-order valence-corrected chi connectivity index (χ1v) is 10.8. The lowest BCUT2D eigenvalue weighted by atomic mass is 10.1. The number of halogens is 1. The number of ether oxygens (including phenoxy) is 3. The Morgan fingerprint density at radius 3 is 2.84 bits per heavy atom. The summed E-state index contributed by atoms with van der Waals surface area (Å²) in [5.41, 5.74) is 4.40. The van der Waals surface area contributed by atoms with E-state index < -0.39 is 0 Å². The van der Waals surface area contributed by atoms with E-state index in [4.69, 9.17) is 25.8 Å². The van der Waals surface area contributed by atoms with Crippen molar-refractivity contribution < 1.29 is 14.2 Å². The van der Waals surface area contributed by atoms with Crippen molar-refractivity contribution in [3.63, 3.8) is 0 Å². The number of hydrogen-bond acceptors (Lipinski definition) is 5. The average Bonchev–Trinajstić information content (AvgIpc) is 3.42. The first kappa shape index (κ1) is 21.7. The number of rotatable bonds is 9. The molecule has 1 fully saturated rings. The van der Waals surface area contributed by atoms with E-state index >= 15 is 0 Å². The Morgan fingerprint density at radius 2 is 2.03 bits per heavy atom. The highest BCUT2D eigenvalue weighted by Crippen LogP contribution is 2.30. The van der Waals surface area contributed by atoms with Crippen LogP contribution in [0.4, 0.5) is 0 Å². The fraction of sp³-hybridized carbons (Fsp3) is 0.375. The summed E-state index contributed by atoms with van der Waals surface area (Å²) < 4.78 is 16.7. The molecule has 0 unspecified atom stereocenters. The molecule has 0 bridgehead atoms. The Morgan fingerprint density at radius 1 is 1.13 bits per heavy atom. The van der Waals surface area contributed by atoms with Crippen LogP contribution in [0.3, 0.4) is 0 Å². The molecule has 7 heteroatoms. The van der Waals surface area contributed by atoms with Crippen LogP contribution in [-0.2, 0) is 24.5 Å². The summed E-state index contributed by atoms with van der Waals surface area (Å²) in [4.78, 5) is 2.45. The molecule has 0 spiro atoms. The van der Waals surface area contributed by atoms with Gasteiger partial charge in [-0.15, -0.1) is 0 Å². The van der Waals surface area contributed by atoms with Crippen LogP contribution >= 0.6 is 11.6 Å². The molecular weight excluding hydrogens is 414 g/mol. The van der Waals surface area contributed by atoms with Gasteiger partial charge in [0.1, 0.15) is 18.1 Å². The zero-order chi connectivity index (χ0) is 21.6. The van der Waals surface area contributed by atoms with E-state index in [2.05, 4.69) is 33.3 Å². The second-order valence-corrected chi connectivity index (χ2v) is 8.30. The van der Waals surface area contributed by atoms with Crippen LogP contribution in [0.15, 0.2) is 48.5 Å². The minimum absolute atomic E-state index is 0.407. The van der Waals surface area contributed by atoms with Gasteiger partial charge in [0.2, 0.25) is 0 Å². The van der Waals surface area contributed by atoms with Crippen LogP contribution in [0.5, 0.6) is 11.5 Å². The van der Waals surface area contributed by atoms with Crippen LogP contribution in [0.2, 0.25) is 5.02 Å². The molecule has 31 heavy (non-hydrogen) atoms. The van der Waals surface area contributed by atoms with Gasteiger partial charge in [0, 0.05) is 36.7 Å². The third-order valence-electron chi connectivity index (χ3n) is 5.58. The van der Waals surface area contributed by atoms with Gasteiger partial charge in [0.25, 0.3) is 0 Å². The van der Waals surface area contributed by atoms with E-state index in [-0.39, 0.29) is 0 Å². The zero-order valence-electron chi connectivity index (χ0n) is 17.9. The molecular formula is C24H28ClN3O3. The van der Waals surface area contributed by atoms with E-state index in [1.165, 1.54) is 5.56 Å². The molecule has 0 saturated carbocycles. The normalized spacial score (nSPS) is 16.5. The van der Waals surface area contributed by atoms with Crippen molar-refractivity contribution in [1.29, 1.82) is 0 Å². The van der Waals surface area contributed by atoms with Gasteiger partial charge in [0.15, 0.2) is 0 Å². The lowest BCUT2D eigenvalue weighted by Crippen LogP contribution is -2.20. The summed E-state index contributed by atoms with van der Waals surface area (Å²) in [5.74, 6) is 2.08. The van der Waals surface area contributed by atoms with Gasteiger partial charge in [-0.2, -0.15) is 5.10 Å². The molecule has 2 heterocycles. The summed E-state index contributed by atoms with van der Waals surface area (Å²) in [6, 6.07) is 15.8. The molecule has 0 aliphatic carbocycles. The number of aromatic amines is 1. The molecule has 1 N–H and O–H groups in total. The number of likely N-dealkylation sites (tertiary alicyclic amines) is 1. The molecule has 2 aromatic carbocycles. The predicted molar refractivity (Wildman–Crippen MR) is 121 cm³/mol. The third-order valence-corrected chi connectivity index (χ3v) is 5.82. The quantitative estimate of drug-likeness (QED) is 0.517. The molecule has 164 valence electrons. The van der Waals surface area contributed by atoms with Crippen LogP contribution in [0.25, 0.3) is 0 Å². The topological polar surface area (TPSA) is 59.6 Å². The highest BCUT2D eigenvalue weighted by Gasteiger charge is 2.26. The van der Waals surface area contributed by atoms with E-state index in [1.807, 2.05) is 30.3 Å². The Labute approximate surface area is 188 Å². The Kier molecular flexibility index (Phi) is 7.12. The molecule has 3 aromatic rings. The second kappa shape index (κ2) is 10.2. The number of hydrogen-bond donors (Lipinski definition) is 1. The number of H-pyrrole nitrogens is 1. The van der Waals surface area contributed by atoms with Crippen molar-refractivity contribution in [3.05, 3.63) is 76.1 Å².